The van der Waals surface area contributed by atoms with Crippen LogP contribution in [0.25, 0.3) is 10.9 Å². The Morgan fingerprint density at radius 2 is 2.10 bits per heavy atom. The van der Waals surface area contributed by atoms with E-state index in [9.17, 15) is 10.1 Å². The van der Waals surface area contributed by atoms with Gasteiger partial charge in [0.2, 0.25) is 0 Å². The summed E-state index contributed by atoms with van der Waals surface area (Å²) < 4.78 is 1.90. The standard InChI is InChI=1S/C22H24N6O/c23-12-15-3-1-2-4-18(15)28-19-8-10-25-22(29)20(19)21(27-28)26-17-6-5-14-7-9-24-13-16(14)11-17/h5-6,8,10-11,15,18,24H,1-4,7,9,13H2,(H,25,29)(H,26,27)/t15?,18-/m0/s1. The monoisotopic (exact) mass is 388 g/mol. The number of H-pyrrole nitrogens is 1. The normalized spacial score (nSPS) is 21.5. The van der Waals surface area contributed by atoms with E-state index in [4.69, 9.17) is 5.10 Å². The Kier molecular flexibility index (Phi) is 4.57. The number of nitrogens with zero attached hydrogens (tertiary/aromatic N) is 3. The number of hydrogen-bond donors (Lipinski definition) is 3. The molecule has 2 atom stereocenters. The van der Waals surface area contributed by atoms with Gasteiger partial charge < -0.3 is 15.6 Å². The van der Waals surface area contributed by atoms with E-state index in [0.717, 1.165) is 56.4 Å². The minimum absolute atomic E-state index is 0.00123. The molecule has 148 valence electrons. The van der Waals surface area contributed by atoms with Crippen molar-refractivity contribution in [3.8, 4) is 6.07 Å². The smallest absolute Gasteiger partial charge is 0.261 e. The van der Waals surface area contributed by atoms with Gasteiger partial charge in [-0.25, -0.2) is 0 Å². The van der Waals surface area contributed by atoms with Crippen LogP contribution in [0.15, 0.2) is 35.3 Å². The van der Waals surface area contributed by atoms with Crippen molar-refractivity contribution in [2.24, 2.45) is 5.92 Å². The summed E-state index contributed by atoms with van der Waals surface area (Å²) in [6.45, 7) is 1.86. The number of hydrogen-bond acceptors (Lipinski definition) is 5. The van der Waals surface area contributed by atoms with E-state index in [-0.39, 0.29) is 17.5 Å². The van der Waals surface area contributed by atoms with Crippen LogP contribution in [0.4, 0.5) is 11.5 Å². The molecular weight excluding hydrogens is 364 g/mol. The summed E-state index contributed by atoms with van der Waals surface area (Å²) in [7, 11) is 0. The van der Waals surface area contributed by atoms with Crippen molar-refractivity contribution in [1.29, 1.82) is 5.26 Å². The molecule has 1 aromatic carbocycles. The maximum atomic E-state index is 12.6. The number of nitrogens with one attached hydrogen (secondary N) is 3. The van der Waals surface area contributed by atoms with E-state index >= 15 is 0 Å². The number of aromatic nitrogens is 3. The molecule has 0 bridgehead atoms. The van der Waals surface area contributed by atoms with Crippen molar-refractivity contribution in [1.82, 2.24) is 20.1 Å². The van der Waals surface area contributed by atoms with Gasteiger partial charge in [0.15, 0.2) is 5.82 Å². The molecule has 1 saturated carbocycles. The number of pyridine rings is 1. The highest BCUT2D eigenvalue weighted by Gasteiger charge is 2.29. The third kappa shape index (κ3) is 3.19. The SMILES string of the molecule is N#CC1CCCC[C@@H]1n1nc(Nc2ccc3c(c2)CNCC3)c2c(=O)[nH]ccc21. The number of anilines is 2. The molecule has 0 spiro atoms. The van der Waals surface area contributed by atoms with Gasteiger partial charge in [-0.15, -0.1) is 0 Å². The van der Waals surface area contributed by atoms with Crippen molar-refractivity contribution in [2.75, 3.05) is 11.9 Å². The lowest BCUT2D eigenvalue weighted by Gasteiger charge is -2.27. The lowest BCUT2D eigenvalue weighted by molar-refractivity contribution is 0.277. The van der Waals surface area contributed by atoms with Crippen molar-refractivity contribution in [2.45, 2.75) is 44.7 Å². The minimum Gasteiger partial charge on any atom is -0.338 e. The van der Waals surface area contributed by atoms with Crippen LogP contribution in [-0.4, -0.2) is 21.3 Å². The van der Waals surface area contributed by atoms with E-state index in [0.29, 0.717) is 11.2 Å². The van der Waals surface area contributed by atoms with Crippen LogP contribution >= 0.6 is 0 Å². The topological polar surface area (TPSA) is 98.5 Å². The average Bonchev–Trinajstić information content (AvgIpc) is 3.13. The lowest BCUT2D eigenvalue weighted by Crippen LogP contribution is -2.23. The molecule has 3 aromatic rings. The zero-order valence-corrected chi connectivity index (χ0v) is 16.2. The summed E-state index contributed by atoms with van der Waals surface area (Å²) in [5.74, 6) is 0.474. The van der Waals surface area contributed by atoms with Gasteiger partial charge in [-0.1, -0.05) is 18.9 Å². The summed E-state index contributed by atoms with van der Waals surface area (Å²) in [6, 6.07) is 10.7. The zero-order chi connectivity index (χ0) is 19.8. The van der Waals surface area contributed by atoms with Crippen LogP contribution in [0.5, 0.6) is 0 Å². The first-order valence-corrected chi connectivity index (χ1v) is 10.3. The summed E-state index contributed by atoms with van der Waals surface area (Å²) in [4.78, 5) is 15.4. The third-order valence-corrected chi connectivity index (χ3v) is 6.20. The van der Waals surface area contributed by atoms with Crippen LogP contribution in [0.3, 0.4) is 0 Å². The predicted molar refractivity (Wildman–Crippen MR) is 112 cm³/mol. The van der Waals surface area contributed by atoms with Gasteiger partial charge in [-0.05, 0) is 55.1 Å². The lowest BCUT2D eigenvalue weighted by atomic mass is 9.85. The van der Waals surface area contributed by atoms with Crippen LogP contribution in [0.2, 0.25) is 0 Å². The van der Waals surface area contributed by atoms with Crippen LogP contribution in [0.1, 0.15) is 42.9 Å². The summed E-state index contributed by atoms with van der Waals surface area (Å²) in [5, 5.41) is 21.7. The molecule has 2 aromatic heterocycles. The number of nitriles is 1. The fourth-order valence-electron chi connectivity index (χ4n) is 4.69. The third-order valence-electron chi connectivity index (χ3n) is 6.20. The molecule has 1 unspecified atom stereocenters. The van der Waals surface area contributed by atoms with Gasteiger partial charge in [0.25, 0.3) is 5.56 Å². The Bertz CT molecular complexity index is 1150. The highest BCUT2D eigenvalue weighted by molar-refractivity contribution is 5.91. The Morgan fingerprint density at radius 1 is 1.21 bits per heavy atom. The van der Waals surface area contributed by atoms with Gasteiger partial charge in [-0.2, -0.15) is 10.4 Å². The van der Waals surface area contributed by atoms with Crippen molar-refractivity contribution >= 4 is 22.4 Å². The molecule has 5 rings (SSSR count). The Balaban J connectivity index is 1.58. The number of benzene rings is 1. The number of fused-ring (bicyclic) bond motifs is 2. The van der Waals surface area contributed by atoms with E-state index in [2.05, 4.69) is 33.8 Å². The van der Waals surface area contributed by atoms with Crippen molar-refractivity contribution in [3.05, 3.63) is 51.9 Å². The molecule has 2 aliphatic rings. The summed E-state index contributed by atoms with van der Waals surface area (Å²) in [6.07, 6.45) is 6.63. The van der Waals surface area contributed by atoms with E-state index in [1.165, 1.54) is 11.1 Å². The second kappa shape index (κ2) is 7.37. The minimum atomic E-state index is -0.166. The molecule has 0 saturated heterocycles. The first-order valence-electron chi connectivity index (χ1n) is 10.3. The molecule has 3 N–H and O–H groups in total. The fourth-order valence-corrected chi connectivity index (χ4v) is 4.69. The Morgan fingerprint density at radius 3 is 3.00 bits per heavy atom. The van der Waals surface area contributed by atoms with Gasteiger partial charge >= 0.3 is 0 Å². The molecule has 3 heterocycles. The Hall–Kier alpha value is -3.11. The molecule has 7 heteroatoms. The molecule has 29 heavy (non-hydrogen) atoms. The summed E-state index contributed by atoms with van der Waals surface area (Å²) >= 11 is 0. The first-order chi connectivity index (χ1) is 14.2. The highest BCUT2D eigenvalue weighted by Crippen LogP contribution is 2.36. The van der Waals surface area contributed by atoms with Crippen molar-refractivity contribution in [3.63, 3.8) is 0 Å². The molecule has 1 fully saturated rings. The largest absolute Gasteiger partial charge is 0.338 e. The number of rotatable bonds is 3. The second-order valence-corrected chi connectivity index (χ2v) is 7.98. The molecule has 1 aliphatic heterocycles. The highest BCUT2D eigenvalue weighted by atomic mass is 16.1. The van der Waals surface area contributed by atoms with Crippen molar-refractivity contribution < 1.29 is 0 Å². The molecule has 1 aliphatic carbocycles. The molecular formula is C22H24N6O. The molecule has 7 nitrogen and oxygen atoms in total. The van der Waals surface area contributed by atoms with Crippen LogP contribution < -0.4 is 16.2 Å². The quantitative estimate of drug-likeness (QED) is 0.639. The van der Waals surface area contributed by atoms with Gasteiger partial charge in [-0.3, -0.25) is 9.48 Å². The van der Waals surface area contributed by atoms with Crippen LogP contribution in [-0.2, 0) is 13.0 Å². The van der Waals surface area contributed by atoms with Gasteiger partial charge in [0.05, 0.1) is 23.5 Å². The zero-order valence-electron chi connectivity index (χ0n) is 16.2. The fraction of sp³-hybridized carbons (Fsp3) is 0.409. The summed E-state index contributed by atoms with van der Waals surface area (Å²) in [5.41, 5.74) is 4.17. The van der Waals surface area contributed by atoms with Gasteiger partial charge in [0.1, 0.15) is 5.39 Å². The maximum Gasteiger partial charge on any atom is 0.261 e. The van der Waals surface area contributed by atoms with E-state index < -0.39 is 0 Å². The number of aromatic amines is 1. The molecule has 0 radical (unpaired) electrons. The van der Waals surface area contributed by atoms with Gasteiger partial charge in [0, 0.05) is 18.4 Å². The van der Waals surface area contributed by atoms with Crippen LogP contribution in [0, 0.1) is 17.2 Å². The predicted octanol–water partition coefficient (Wildman–Crippen LogP) is 3.37. The Labute approximate surface area is 168 Å². The van der Waals surface area contributed by atoms with E-state index in [1.807, 2.05) is 16.8 Å². The molecule has 0 amide bonds. The second-order valence-electron chi connectivity index (χ2n) is 7.98. The average molecular weight is 388 g/mol. The first kappa shape index (κ1) is 18.0. The van der Waals surface area contributed by atoms with E-state index in [1.54, 1.807) is 6.20 Å². The maximum absolute atomic E-state index is 12.6.